The van der Waals surface area contributed by atoms with E-state index >= 15 is 0 Å². The number of methoxy groups -OCH3 is 1. The summed E-state index contributed by atoms with van der Waals surface area (Å²) in [7, 11) is 1.48. The normalized spacial score (nSPS) is 30.6. The van der Waals surface area contributed by atoms with Gasteiger partial charge in [-0.25, -0.2) is 4.79 Å². The molecule has 4 heteroatoms. The highest BCUT2D eigenvalue weighted by Gasteiger charge is 2.49. The molecule has 3 aliphatic carbocycles. The van der Waals surface area contributed by atoms with Gasteiger partial charge in [-0.1, -0.05) is 71.7 Å². The van der Waals surface area contributed by atoms with E-state index in [2.05, 4.69) is 58.8 Å². The average molecular weight is 484 g/mol. The number of ether oxygens (including phenoxy) is 1. The molecule has 0 heterocycles. The third kappa shape index (κ3) is 6.30. The molecule has 0 amide bonds. The van der Waals surface area contributed by atoms with Crippen LogP contribution in [0.3, 0.4) is 0 Å². The van der Waals surface area contributed by atoms with Crippen LogP contribution < -0.4 is 0 Å². The van der Waals surface area contributed by atoms with Crippen molar-refractivity contribution < 1.29 is 14.7 Å². The van der Waals surface area contributed by atoms with E-state index in [9.17, 15) is 10.0 Å². The first-order valence-corrected chi connectivity index (χ1v) is 14.0. The molecule has 0 aromatic heterocycles. The van der Waals surface area contributed by atoms with Crippen molar-refractivity contribution in [2.75, 3.05) is 7.11 Å². The second-order valence-corrected chi connectivity index (χ2v) is 12.5. The van der Waals surface area contributed by atoms with Crippen LogP contribution in [0.5, 0.6) is 0 Å². The van der Waals surface area contributed by atoms with Gasteiger partial charge in [-0.2, -0.15) is 0 Å². The van der Waals surface area contributed by atoms with E-state index in [1.807, 2.05) is 6.07 Å². The van der Waals surface area contributed by atoms with E-state index in [0.717, 1.165) is 42.0 Å². The van der Waals surface area contributed by atoms with Gasteiger partial charge >= 0.3 is 5.97 Å². The maximum absolute atomic E-state index is 13.0. The Bertz CT molecular complexity index is 891. The summed E-state index contributed by atoms with van der Waals surface area (Å²) in [5.41, 5.74) is 3.83. The molecule has 0 spiro atoms. The zero-order valence-electron chi connectivity index (χ0n) is 23.3. The summed E-state index contributed by atoms with van der Waals surface area (Å²) in [5.74, 6) is 3.48. The maximum Gasteiger partial charge on any atom is 0.338 e. The molecule has 4 nitrogen and oxygen atoms in total. The molecular weight excluding hydrogens is 434 g/mol. The van der Waals surface area contributed by atoms with Gasteiger partial charge in [-0.05, 0) is 96.6 Å². The van der Waals surface area contributed by atoms with Crippen molar-refractivity contribution in [3.05, 3.63) is 34.9 Å². The van der Waals surface area contributed by atoms with E-state index in [4.69, 9.17) is 4.74 Å². The Hall–Kier alpha value is -1.84. The molecule has 1 aromatic rings. The van der Waals surface area contributed by atoms with Crippen LogP contribution in [-0.4, -0.2) is 24.0 Å². The Morgan fingerprint density at radius 1 is 1.17 bits per heavy atom. The zero-order chi connectivity index (χ0) is 25.8. The number of esters is 1. The molecular formula is C31H49NO3. The van der Waals surface area contributed by atoms with E-state index in [1.54, 1.807) is 0 Å². The zero-order valence-corrected chi connectivity index (χ0v) is 23.3. The van der Waals surface area contributed by atoms with Crippen LogP contribution in [0.1, 0.15) is 120 Å². The lowest BCUT2D eigenvalue weighted by Crippen LogP contribution is -2.33. The van der Waals surface area contributed by atoms with Crippen LogP contribution in [0.15, 0.2) is 23.4 Å². The number of fused-ring (bicyclic) bond motifs is 9. The number of benzene rings is 1. The van der Waals surface area contributed by atoms with Gasteiger partial charge in [0, 0.05) is 6.42 Å². The second kappa shape index (κ2) is 11.9. The molecule has 1 aromatic carbocycles. The van der Waals surface area contributed by atoms with Gasteiger partial charge in [-0.15, -0.1) is 0 Å². The van der Waals surface area contributed by atoms with Gasteiger partial charge in [0.2, 0.25) is 0 Å². The minimum absolute atomic E-state index is 0.169. The van der Waals surface area contributed by atoms with Crippen molar-refractivity contribution >= 4 is 11.7 Å². The third-order valence-corrected chi connectivity index (χ3v) is 9.76. The van der Waals surface area contributed by atoms with Crippen molar-refractivity contribution in [3.8, 4) is 0 Å². The maximum atomic E-state index is 13.0. The van der Waals surface area contributed by atoms with Crippen LogP contribution in [0.2, 0.25) is 0 Å². The minimum atomic E-state index is -0.252. The summed E-state index contributed by atoms with van der Waals surface area (Å²) in [6.07, 6.45) is 9.62. The lowest BCUT2D eigenvalue weighted by molar-refractivity contribution is 0.0595. The molecule has 1 fully saturated rings. The Morgan fingerprint density at radius 2 is 1.91 bits per heavy atom. The number of oxime groups is 1. The topological polar surface area (TPSA) is 58.9 Å². The Labute approximate surface area is 213 Å². The van der Waals surface area contributed by atoms with Crippen molar-refractivity contribution in [2.24, 2.45) is 40.2 Å². The van der Waals surface area contributed by atoms with Gasteiger partial charge in [0.05, 0.1) is 18.4 Å². The number of nitrogens with zero attached hydrogens (tertiary/aromatic N) is 1. The summed E-state index contributed by atoms with van der Waals surface area (Å²) in [5, 5.41) is 13.2. The fraction of sp³-hybridized carbons (Fsp3) is 0.742. The fourth-order valence-corrected chi connectivity index (χ4v) is 7.19. The van der Waals surface area contributed by atoms with Crippen molar-refractivity contribution in [2.45, 2.75) is 105 Å². The Balaban J connectivity index is 2.05. The van der Waals surface area contributed by atoms with Crippen molar-refractivity contribution in [1.82, 2.24) is 0 Å². The summed E-state index contributed by atoms with van der Waals surface area (Å²) in [6, 6.07) is 6.32. The molecule has 6 atom stereocenters. The van der Waals surface area contributed by atoms with Gasteiger partial charge < -0.3 is 9.94 Å². The monoisotopic (exact) mass is 483 g/mol. The molecule has 1 saturated carbocycles. The Kier molecular flexibility index (Phi) is 9.46. The quantitative estimate of drug-likeness (QED) is 0.260. The van der Waals surface area contributed by atoms with Gasteiger partial charge in [0.25, 0.3) is 0 Å². The van der Waals surface area contributed by atoms with Crippen LogP contribution in [0.25, 0.3) is 0 Å². The number of hydrogen-bond acceptors (Lipinski definition) is 4. The molecule has 4 rings (SSSR count). The highest BCUT2D eigenvalue weighted by atomic mass is 16.5. The molecule has 3 aliphatic rings. The number of carbonyl (C=O) groups is 1. The highest BCUT2D eigenvalue weighted by Crippen LogP contribution is 2.59. The van der Waals surface area contributed by atoms with Crippen LogP contribution >= 0.6 is 0 Å². The summed E-state index contributed by atoms with van der Waals surface area (Å²) in [4.78, 5) is 13.0. The fourth-order valence-electron chi connectivity index (χ4n) is 7.19. The van der Waals surface area contributed by atoms with Crippen molar-refractivity contribution in [1.29, 1.82) is 0 Å². The molecule has 1 N–H and O–H groups in total. The highest BCUT2D eigenvalue weighted by molar-refractivity contribution is 5.92. The number of carbonyl (C=O) groups excluding carboxylic acids is 1. The van der Waals surface area contributed by atoms with E-state index in [-0.39, 0.29) is 11.4 Å². The summed E-state index contributed by atoms with van der Waals surface area (Å²) >= 11 is 0. The summed E-state index contributed by atoms with van der Waals surface area (Å²) in [6.45, 7) is 14.4. The molecule has 2 bridgehead atoms. The SMILES string of the molecule is COC(=O)c1cc2ccc1C1CCC(C(C)CC(C)C(C)C)C1(C)CCCC(C)CC/C(=N/O)C2. The smallest absolute Gasteiger partial charge is 0.338 e. The number of rotatable bonds is 5. The van der Waals surface area contributed by atoms with Crippen LogP contribution in [0.4, 0.5) is 0 Å². The molecule has 0 saturated heterocycles. The first-order chi connectivity index (χ1) is 16.6. The molecule has 196 valence electrons. The predicted octanol–water partition coefficient (Wildman–Crippen LogP) is 8.26. The predicted molar refractivity (Wildman–Crippen MR) is 144 cm³/mol. The van der Waals surface area contributed by atoms with Crippen LogP contribution in [0, 0.1) is 35.0 Å². The number of hydrogen-bond donors (Lipinski definition) is 1. The molecule has 35 heavy (non-hydrogen) atoms. The van der Waals surface area contributed by atoms with Crippen LogP contribution in [-0.2, 0) is 11.2 Å². The van der Waals surface area contributed by atoms with Crippen molar-refractivity contribution in [3.63, 3.8) is 0 Å². The van der Waals surface area contributed by atoms with Gasteiger partial charge in [-0.3, -0.25) is 0 Å². The Morgan fingerprint density at radius 3 is 2.57 bits per heavy atom. The standard InChI is InChI=1S/C31H49NO3/c1-20(2)22(4)17-23(5)28-14-15-29-26-13-11-24(19-27(26)30(33)35-7)18-25(32-34)12-10-21(3)9-8-16-31(28,29)6/h11,13,19-23,28-29,34H,8-10,12,14-18H2,1-7H3/b32-25-. The lowest BCUT2D eigenvalue weighted by atomic mass is 9.63. The first kappa shape index (κ1) is 27.7. The average Bonchev–Trinajstić information content (AvgIpc) is 3.17. The second-order valence-electron chi connectivity index (χ2n) is 12.5. The van der Waals surface area contributed by atoms with Gasteiger partial charge in [0.15, 0.2) is 0 Å². The molecule has 6 unspecified atom stereocenters. The van der Waals surface area contributed by atoms with Gasteiger partial charge in [0.1, 0.15) is 0 Å². The molecule has 0 aliphatic heterocycles. The van der Waals surface area contributed by atoms with E-state index in [0.29, 0.717) is 41.6 Å². The third-order valence-electron chi connectivity index (χ3n) is 9.76. The van der Waals surface area contributed by atoms with E-state index < -0.39 is 0 Å². The largest absolute Gasteiger partial charge is 0.465 e. The summed E-state index contributed by atoms with van der Waals surface area (Å²) < 4.78 is 5.26. The lowest BCUT2D eigenvalue weighted by Gasteiger charge is -2.42. The molecule has 0 radical (unpaired) electrons. The first-order valence-electron chi connectivity index (χ1n) is 14.0. The minimum Gasteiger partial charge on any atom is -0.465 e. The van der Waals surface area contributed by atoms with E-state index in [1.165, 1.54) is 39.2 Å².